The number of hydrogen-bond donors (Lipinski definition) is 3. The van der Waals surface area contributed by atoms with Crippen LogP contribution in [0.2, 0.25) is 0 Å². The zero-order valence-corrected chi connectivity index (χ0v) is 8.58. The molecule has 15 heavy (non-hydrogen) atoms. The number of fused-ring (bicyclic) bond motifs is 1. The van der Waals surface area contributed by atoms with E-state index in [9.17, 15) is 4.79 Å². The predicted octanol–water partition coefficient (Wildman–Crippen LogP) is 0.204. The molecule has 0 atom stereocenters. The lowest BCUT2D eigenvalue weighted by molar-refractivity contribution is 0.337. The van der Waals surface area contributed by atoms with E-state index in [1.165, 1.54) is 0 Å². The number of benzene rings is 1. The van der Waals surface area contributed by atoms with Gasteiger partial charge in [0.2, 0.25) is 0 Å². The normalized spacial score (nSPS) is 11.4. The van der Waals surface area contributed by atoms with Crippen molar-refractivity contribution in [3.63, 3.8) is 0 Å². The Labute approximate surface area is 86.9 Å². The number of nitrogens with zero attached hydrogens (tertiary/aromatic N) is 1. The van der Waals surface area contributed by atoms with Gasteiger partial charge in [0.15, 0.2) is 0 Å². The fourth-order valence-corrected chi connectivity index (χ4v) is 1.55. The number of rotatable bonds is 3. The minimum atomic E-state index is -0.172. The maximum absolute atomic E-state index is 11.0. The van der Waals surface area contributed by atoms with Crippen molar-refractivity contribution < 1.29 is 0 Å². The van der Waals surface area contributed by atoms with Crippen LogP contribution in [0.15, 0.2) is 23.0 Å². The van der Waals surface area contributed by atoms with E-state index in [4.69, 9.17) is 5.73 Å². The van der Waals surface area contributed by atoms with Gasteiger partial charge < -0.3 is 15.7 Å². The van der Waals surface area contributed by atoms with E-state index >= 15 is 0 Å². The summed E-state index contributed by atoms with van der Waals surface area (Å²) in [5.41, 5.74) is 8.13. The number of aromatic nitrogens is 2. The molecule has 4 N–H and O–H groups in total. The number of hydrogen-bond acceptors (Lipinski definition) is 3. The van der Waals surface area contributed by atoms with Gasteiger partial charge in [-0.25, -0.2) is 4.79 Å². The maximum Gasteiger partial charge on any atom is 0.323 e. The molecule has 0 bridgehead atoms. The van der Waals surface area contributed by atoms with Gasteiger partial charge in [-0.3, -0.25) is 4.90 Å². The van der Waals surface area contributed by atoms with Crippen LogP contribution in [0.3, 0.4) is 0 Å². The summed E-state index contributed by atoms with van der Waals surface area (Å²) in [5, 5.41) is 0. The van der Waals surface area contributed by atoms with Crippen molar-refractivity contribution in [3.8, 4) is 0 Å². The van der Waals surface area contributed by atoms with Gasteiger partial charge in [-0.1, -0.05) is 6.07 Å². The molecule has 0 amide bonds. The summed E-state index contributed by atoms with van der Waals surface area (Å²) in [4.78, 5) is 18.5. The van der Waals surface area contributed by atoms with Gasteiger partial charge in [0, 0.05) is 13.2 Å². The fraction of sp³-hybridized carbons (Fsp3) is 0.300. The van der Waals surface area contributed by atoms with E-state index in [1.54, 1.807) is 0 Å². The first-order valence-corrected chi connectivity index (χ1v) is 4.78. The molecule has 1 heterocycles. The average molecular weight is 206 g/mol. The fourth-order valence-electron chi connectivity index (χ4n) is 1.55. The van der Waals surface area contributed by atoms with Crippen LogP contribution in [-0.2, 0) is 6.54 Å². The molecule has 1 aromatic heterocycles. The van der Waals surface area contributed by atoms with Crippen molar-refractivity contribution in [1.82, 2.24) is 14.9 Å². The molecule has 5 heteroatoms. The third-order valence-corrected chi connectivity index (χ3v) is 2.34. The van der Waals surface area contributed by atoms with Crippen LogP contribution >= 0.6 is 0 Å². The molecule has 0 fully saturated rings. The standard InChI is InChI=1S/C10H14N4O/c1-14(6-11)5-7-2-3-8-9(4-7)13-10(15)12-8/h2-4H,5-6,11H2,1H3,(H2,12,13,15). The Balaban J connectivity index is 2.34. The van der Waals surface area contributed by atoms with E-state index in [2.05, 4.69) is 9.97 Å². The highest BCUT2D eigenvalue weighted by atomic mass is 16.1. The summed E-state index contributed by atoms with van der Waals surface area (Å²) in [6, 6.07) is 5.84. The second kappa shape index (κ2) is 3.88. The largest absolute Gasteiger partial charge is 0.323 e. The Morgan fingerprint density at radius 3 is 2.80 bits per heavy atom. The maximum atomic E-state index is 11.0. The van der Waals surface area contributed by atoms with Gasteiger partial charge in [0.25, 0.3) is 0 Å². The smallest absolute Gasteiger partial charge is 0.318 e. The summed E-state index contributed by atoms with van der Waals surface area (Å²) in [6.45, 7) is 1.29. The molecule has 80 valence electrons. The molecule has 2 aromatic rings. The SMILES string of the molecule is CN(CN)Cc1ccc2[nH]c(=O)[nH]c2c1. The van der Waals surface area contributed by atoms with E-state index < -0.39 is 0 Å². The van der Waals surface area contributed by atoms with Crippen LogP contribution in [0, 0.1) is 0 Å². The summed E-state index contributed by atoms with van der Waals surface area (Å²) in [5.74, 6) is 0. The van der Waals surface area contributed by atoms with Gasteiger partial charge in [-0.05, 0) is 24.7 Å². The Kier molecular flexibility index (Phi) is 2.57. The Bertz CT molecular complexity index is 513. The molecule has 1 aromatic carbocycles. The molecule has 5 nitrogen and oxygen atoms in total. The number of H-pyrrole nitrogens is 2. The Morgan fingerprint density at radius 2 is 2.07 bits per heavy atom. The van der Waals surface area contributed by atoms with Gasteiger partial charge in [0.1, 0.15) is 0 Å². The van der Waals surface area contributed by atoms with Crippen LogP contribution in [-0.4, -0.2) is 28.6 Å². The van der Waals surface area contributed by atoms with Gasteiger partial charge in [-0.2, -0.15) is 0 Å². The third-order valence-electron chi connectivity index (χ3n) is 2.34. The minimum absolute atomic E-state index is 0.172. The highest BCUT2D eigenvalue weighted by Crippen LogP contribution is 2.11. The van der Waals surface area contributed by atoms with Crippen molar-refractivity contribution in [2.75, 3.05) is 13.7 Å². The Morgan fingerprint density at radius 1 is 1.33 bits per heavy atom. The second-order valence-corrected chi connectivity index (χ2v) is 3.66. The molecule has 0 aliphatic heterocycles. The molecule has 0 spiro atoms. The summed E-state index contributed by atoms with van der Waals surface area (Å²) in [6.07, 6.45) is 0. The first-order valence-electron chi connectivity index (χ1n) is 4.78. The molecule has 0 aliphatic carbocycles. The molecular weight excluding hydrogens is 192 g/mol. The Hall–Kier alpha value is -1.59. The van der Waals surface area contributed by atoms with Gasteiger partial charge in [-0.15, -0.1) is 0 Å². The van der Waals surface area contributed by atoms with Crippen LogP contribution < -0.4 is 11.4 Å². The highest BCUT2D eigenvalue weighted by Gasteiger charge is 2.01. The zero-order valence-electron chi connectivity index (χ0n) is 8.58. The number of nitrogens with one attached hydrogen (secondary N) is 2. The minimum Gasteiger partial charge on any atom is -0.318 e. The lowest BCUT2D eigenvalue weighted by Gasteiger charge is -2.13. The van der Waals surface area contributed by atoms with E-state index in [1.807, 2.05) is 30.1 Å². The van der Waals surface area contributed by atoms with Crippen molar-refractivity contribution in [3.05, 3.63) is 34.2 Å². The van der Waals surface area contributed by atoms with Crippen LogP contribution in [0.1, 0.15) is 5.56 Å². The summed E-state index contributed by atoms with van der Waals surface area (Å²) in [7, 11) is 1.95. The van der Waals surface area contributed by atoms with Gasteiger partial charge in [0.05, 0.1) is 11.0 Å². The third kappa shape index (κ3) is 2.08. The van der Waals surface area contributed by atoms with Crippen LogP contribution in [0.25, 0.3) is 11.0 Å². The molecule has 0 radical (unpaired) electrons. The van der Waals surface area contributed by atoms with Crippen molar-refractivity contribution in [2.45, 2.75) is 6.54 Å². The quantitative estimate of drug-likeness (QED) is 0.628. The highest BCUT2D eigenvalue weighted by molar-refractivity contribution is 5.74. The molecule has 2 rings (SSSR count). The number of imidazole rings is 1. The van der Waals surface area contributed by atoms with Gasteiger partial charge >= 0.3 is 5.69 Å². The number of nitrogens with two attached hydrogens (primary N) is 1. The molecular formula is C10H14N4O. The summed E-state index contributed by atoms with van der Waals surface area (Å²) < 4.78 is 0. The van der Waals surface area contributed by atoms with Crippen molar-refractivity contribution in [2.24, 2.45) is 5.73 Å². The zero-order chi connectivity index (χ0) is 10.8. The van der Waals surface area contributed by atoms with E-state index in [0.29, 0.717) is 6.67 Å². The lowest BCUT2D eigenvalue weighted by Crippen LogP contribution is -2.24. The number of aromatic amines is 2. The van der Waals surface area contributed by atoms with Crippen molar-refractivity contribution >= 4 is 11.0 Å². The topological polar surface area (TPSA) is 77.9 Å². The molecule has 0 unspecified atom stereocenters. The van der Waals surface area contributed by atoms with Crippen LogP contribution in [0.4, 0.5) is 0 Å². The molecule has 0 aliphatic rings. The predicted molar refractivity (Wildman–Crippen MR) is 59.4 cm³/mol. The van der Waals surface area contributed by atoms with Crippen LogP contribution in [0.5, 0.6) is 0 Å². The first-order chi connectivity index (χ1) is 7.19. The van der Waals surface area contributed by atoms with Crippen molar-refractivity contribution in [1.29, 1.82) is 0 Å². The van der Waals surface area contributed by atoms with E-state index in [0.717, 1.165) is 23.1 Å². The lowest BCUT2D eigenvalue weighted by atomic mass is 10.2. The van der Waals surface area contributed by atoms with E-state index in [-0.39, 0.29) is 5.69 Å². The molecule has 0 saturated carbocycles. The first kappa shape index (κ1) is 9.95. The summed E-state index contributed by atoms with van der Waals surface area (Å²) >= 11 is 0. The molecule has 0 saturated heterocycles. The second-order valence-electron chi connectivity index (χ2n) is 3.66. The average Bonchev–Trinajstić information content (AvgIpc) is 2.57. The monoisotopic (exact) mass is 206 g/mol.